The Morgan fingerprint density at radius 3 is 2.70 bits per heavy atom. The third-order valence-electron chi connectivity index (χ3n) is 4.20. The largest absolute Gasteiger partial charge is 0.329 e. The van der Waals surface area contributed by atoms with Crippen molar-refractivity contribution in [1.29, 1.82) is 0 Å². The van der Waals surface area contributed by atoms with E-state index in [1.165, 1.54) is 0 Å². The zero-order valence-corrected chi connectivity index (χ0v) is 12.1. The molecule has 6 heteroatoms. The van der Waals surface area contributed by atoms with Gasteiger partial charge in [-0.15, -0.1) is 0 Å². The van der Waals surface area contributed by atoms with Gasteiger partial charge in [0.05, 0.1) is 11.9 Å². The Balaban J connectivity index is 1.94. The predicted octanol–water partition coefficient (Wildman–Crippen LogP) is 1.19. The lowest BCUT2D eigenvalue weighted by molar-refractivity contribution is -0.143. The first-order valence-electron chi connectivity index (χ1n) is 7.18. The molecule has 2 aliphatic rings. The van der Waals surface area contributed by atoms with Crippen LogP contribution in [0.4, 0.5) is 5.69 Å². The molecule has 0 N–H and O–H groups in total. The van der Waals surface area contributed by atoms with E-state index in [1.54, 1.807) is 27.6 Å². The second-order valence-electron chi connectivity index (χ2n) is 5.85. The molecule has 108 valence electrons. The van der Waals surface area contributed by atoms with Crippen molar-refractivity contribution in [3.05, 3.63) is 12.4 Å². The van der Waals surface area contributed by atoms with Crippen LogP contribution >= 0.6 is 0 Å². The Labute approximate surface area is 118 Å². The van der Waals surface area contributed by atoms with Gasteiger partial charge in [-0.1, -0.05) is 0 Å². The Kier molecular flexibility index (Phi) is 3.03. The number of piperazine rings is 1. The van der Waals surface area contributed by atoms with Crippen molar-refractivity contribution in [3.8, 4) is 0 Å². The van der Waals surface area contributed by atoms with Crippen molar-refractivity contribution < 1.29 is 9.59 Å². The summed E-state index contributed by atoms with van der Waals surface area (Å²) in [4.78, 5) is 28.4. The van der Waals surface area contributed by atoms with Gasteiger partial charge in [0, 0.05) is 18.8 Å². The first-order valence-corrected chi connectivity index (χ1v) is 7.18. The highest BCUT2D eigenvalue weighted by Gasteiger charge is 2.46. The summed E-state index contributed by atoms with van der Waals surface area (Å²) in [7, 11) is 0. The first kappa shape index (κ1) is 13.1. The molecule has 0 saturated carbocycles. The second kappa shape index (κ2) is 4.61. The molecule has 3 heterocycles. The molecular formula is C14H20N4O2. The molecule has 2 saturated heterocycles. The maximum Gasteiger partial charge on any atom is 0.250 e. The smallest absolute Gasteiger partial charge is 0.250 e. The number of nitrogens with zero attached hydrogens (tertiary/aromatic N) is 4. The van der Waals surface area contributed by atoms with Crippen LogP contribution in [-0.2, 0) is 9.59 Å². The molecule has 2 aliphatic heterocycles. The van der Waals surface area contributed by atoms with Crippen LogP contribution in [0.1, 0.15) is 39.7 Å². The van der Waals surface area contributed by atoms with Gasteiger partial charge in [-0.3, -0.25) is 19.2 Å². The van der Waals surface area contributed by atoms with E-state index >= 15 is 0 Å². The van der Waals surface area contributed by atoms with Crippen molar-refractivity contribution in [2.24, 2.45) is 0 Å². The van der Waals surface area contributed by atoms with Crippen LogP contribution in [0.3, 0.4) is 0 Å². The number of hydrogen-bond donors (Lipinski definition) is 0. The summed E-state index contributed by atoms with van der Waals surface area (Å²) in [5.41, 5.74) is 0.719. The van der Waals surface area contributed by atoms with Crippen LogP contribution in [-0.4, -0.2) is 45.1 Å². The van der Waals surface area contributed by atoms with E-state index in [0.29, 0.717) is 6.54 Å². The molecule has 0 bridgehead atoms. The average molecular weight is 276 g/mol. The van der Waals surface area contributed by atoms with Gasteiger partial charge in [0.1, 0.15) is 12.1 Å². The quantitative estimate of drug-likeness (QED) is 0.815. The van der Waals surface area contributed by atoms with Gasteiger partial charge >= 0.3 is 0 Å². The molecule has 2 fully saturated rings. The van der Waals surface area contributed by atoms with Crippen molar-refractivity contribution >= 4 is 17.5 Å². The fourth-order valence-corrected chi connectivity index (χ4v) is 3.07. The number of fused-ring (bicyclic) bond motifs is 1. The molecule has 1 aromatic heterocycles. The minimum atomic E-state index is -0.443. The Hall–Kier alpha value is -1.85. The lowest BCUT2D eigenvalue weighted by Crippen LogP contribution is -2.62. The van der Waals surface area contributed by atoms with Gasteiger partial charge in [-0.2, -0.15) is 5.10 Å². The molecule has 0 aliphatic carbocycles. The monoisotopic (exact) mass is 276 g/mol. The summed E-state index contributed by atoms with van der Waals surface area (Å²) in [6.45, 7) is 6.56. The van der Waals surface area contributed by atoms with Crippen LogP contribution in [0.15, 0.2) is 12.4 Å². The molecule has 0 radical (unpaired) electrons. The van der Waals surface area contributed by atoms with Gasteiger partial charge < -0.3 is 4.90 Å². The molecule has 0 spiro atoms. The lowest BCUT2D eigenvalue weighted by Gasteiger charge is -2.40. The van der Waals surface area contributed by atoms with E-state index < -0.39 is 6.04 Å². The number of anilines is 1. The number of amides is 2. The maximum absolute atomic E-state index is 12.6. The van der Waals surface area contributed by atoms with Crippen molar-refractivity contribution in [1.82, 2.24) is 14.7 Å². The fourth-order valence-electron chi connectivity index (χ4n) is 3.07. The Morgan fingerprint density at radius 1 is 1.30 bits per heavy atom. The second-order valence-corrected chi connectivity index (χ2v) is 5.85. The summed E-state index contributed by atoms with van der Waals surface area (Å²) >= 11 is 0. The summed E-state index contributed by atoms with van der Waals surface area (Å²) in [5, 5.41) is 4.27. The third-order valence-corrected chi connectivity index (χ3v) is 4.20. The van der Waals surface area contributed by atoms with Crippen LogP contribution < -0.4 is 4.90 Å². The molecule has 0 aromatic carbocycles. The summed E-state index contributed by atoms with van der Waals surface area (Å²) < 4.78 is 1.81. The molecule has 2 unspecified atom stereocenters. The van der Waals surface area contributed by atoms with Gasteiger partial charge in [-0.05, 0) is 33.6 Å². The van der Waals surface area contributed by atoms with Crippen molar-refractivity contribution in [3.63, 3.8) is 0 Å². The van der Waals surface area contributed by atoms with Crippen LogP contribution in [0.2, 0.25) is 0 Å². The summed E-state index contributed by atoms with van der Waals surface area (Å²) in [6.07, 6.45) is 5.20. The number of rotatable bonds is 2. The Morgan fingerprint density at radius 2 is 2.05 bits per heavy atom. The Bertz CT molecular complexity index is 551. The van der Waals surface area contributed by atoms with E-state index in [4.69, 9.17) is 0 Å². The highest BCUT2D eigenvalue weighted by Crippen LogP contribution is 2.30. The summed E-state index contributed by atoms with van der Waals surface area (Å²) in [6, 6.07) is -0.486. The number of carbonyl (C=O) groups is 2. The predicted molar refractivity (Wildman–Crippen MR) is 74.3 cm³/mol. The van der Waals surface area contributed by atoms with E-state index in [1.807, 2.05) is 20.0 Å². The third kappa shape index (κ3) is 1.82. The van der Waals surface area contributed by atoms with E-state index in [2.05, 4.69) is 5.10 Å². The molecule has 6 nitrogen and oxygen atoms in total. The highest BCUT2D eigenvalue weighted by atomic mass is 16.2. The van der Waals surface area contributed by atoms with Crippen molar-refractivity contribution in [2.45, 2.75) is 51.7 Å². The molecule has 1 aromatic rings. The summed E-state index contributed by atoms with van der Waals surface area (Å²) in [5.74, 6) is 0.0716. The number of hydrogen-bond acceptors (Lipinski definition) is 3. The van der Waals surface area contributed by atoms with Gasteiger partial charge in [0.2, 0.25) is 5.91 Å². The van der Waals surface area contributed by atoms with E-state index in [0.717, 1.165) is 18.5 Å². The SMILES string of the molecule is CC1C(=O)N2CCCC2C(=O)N1c1cnn(C(C)C)c1. The van der Waals surface area contributed by atoms with Gasteiger partial charge in [-0.25, -0.2) is 0 Å². The number of carbonyl (C=O) groups excluding carboxylic acids is 2. The lowest BCUT2D eigenvalue weighted by atomic mass is 10.1. The molecule has 3 rings (SSSR count). The van der Waals surface area contributed by atoms with Crippen LogP contribution in [0.5, 0.6) is 0 Å². The fraction of sp³-hybridized carbons (Fsp3) is 0.643. The molecule has 2 atom stereocenters. The standard InChI is InChI=1S/C14H20N4O2/c1-9(2)17-8-11(7-15-17)18-10(3)13(19)16-6-4-5-12(16)14(18)20/h7-10,12H,4-6H2,1-3H3. The van der Waals surface area contributed by atoms with Gasteiger partial charge in [0.25, 0.3) is 5.91 Å². The minimum absolute atomic E-state index is 0.0258. The van der Waals surface area contributed by atoms with Gasteiger partial charge in [0.15, 0.2) is 0 Å². The molecule has 20 heavy (non-hydrogen) atoms. The van der Waals surface area contributed by atoms with Crippen LogP contribution in [0.25, 0.3) is 0 Å². The number of aromatic nitrogens is 2. The zero-order chi connectivity index (χ0) is 14.4. The first-order chi connectivity index (χ1) is 9.50. The van der Waals surface area contributed by atoms with Crippen LogP contribution in [0, 0.1) is 0 Å². The molecule has 2 amide bonds. The minimum Gasteiger partial charge on any atom is -0.329 e. The molecular weight excluding hydrogens is 256 g/mol. The topological polar surface area (TPSA) is 58.4 Å². The zero-order valence-electron chi connectivity index (χ0n) is 12.1. The van der Waals surface area contributed by atoms with E-state index in [-0.39, 0.29) is 23.9 Å². The van der Waals surface area contributed by atoms with E-state index in [9.17, 15) is 9.59 Å². The average Bonchev–Trinajstić information content (AvgIpc) is 3.05. The highest BCUT2D eigenvalue weighted by molar-refractivity contribution is 6.08. The van der Waals surface area contributed by atoms with Crippen molar-refractivity contribution in [2.75, 3.05) is 11.4 Å². The maximum atomic E-state index is 12.6. The normalized spacial score (nSPS) is 26.6.